The van der Waals surface area contributed by atoms with Crippen LogP contribution in [-0.4, -0.2) is 42.0 Å². The number of anilines is 1. The molecule has 1 aromatic rings. The summed E-state index contributed by atoms with van der Waals surface area (Å²) in [5.74, 6) is -1.06. The number of amides is 1. The largest absolute Gasteiger partial charge is 0.449 e. The van der Waals surface area contributed by atoms with Crippen molar-refractivity contribution in [1.82, 2.24) is 5.32 Å². The molecular weight excluding hydrogens is 374 g/mol. The zero-order chi connectivity index (χ0) is 20.8. The Kier molecular flexibility index (Phi) is 7.06. The minimum Gasteiger partial charge on any atom is -0.449 e. The van der Waals surface area contributed by atoms with Crippen LogP contribution in [0.5, 0.6) is 0 Å². The first kappa shape index (κ1) is 21.1. The molecule has 3 rings (SSSR count). The van der Waals surface area contributed by atoms with E-state index in [-0.39, 0.29) is 23.2 Å². The van der Waals surface area contributed by atoms with E-state index in [1.54, 1.807) is 6.07 Å². The standard InChI is InChI=1S/C21H29N3O5/c1-15(20(25)22-17-8-4-5-9-17)29-21(26)16-10-11-18(19(14-16)24(27)28)23-12-6-2-3-7-13-23/h10-11,14-15,17H,2-9,12-13H2,1H3,(H,22,25)/t15-/m0/s1. The zero-order valence-corrected chi connectivity index (χ0v) is 16.9. The second-order valence-electron chi connectivity index (χ2n) is 7.90. The highest BCUT2D eigenvalue weighted by molar-refractivity contribution is 5.93. The Bertz CT molecular complexity index is 753. The third-order valence-corrected chi connectivity index (χ3v) is 5.71. The Hall–Kier alpha value is -2.64. The van der Waals surface area contributed by atoms with Gasteiger partial charge in [-0.15, -0.1) is 0 Å². The number of ether oxygens (including phenoxy) is 1. The number of nitro benzene ring substituents is 1. The second-order valence-corrected chi connectivity index (χ2v) is 7.90. The van der Waals surface area contributed by atoms with Crippen molar-refractivity contribution in [3.8, 4) is 0 Å². The van der Waals surface area contributed by atoms with Gasteiger partial charge in [-0.2, -0.15) is 0 Å². The summed E-state index contributed by atoms with van der Waals surface area (Å²) in [4.78, 5) is 37.9. The molecular formula is C21H29N3O5. The van der Waals surface area contributed by atoms with E-state index in [0.29, 0.717) is 5.69 Å². The van der Waals surface area contributed by atoms with Crippen LogP contribution in [0.4, 0.5) is 11.4 Å². The fraction of sp³-hybridized carbons (Fsp3) is 0.619. The summed E-state index contributed by atoms with van der Waals surface area (Å²) in [5.41, 5.74) is 0.501. The average molecular weight is 403 g/mol. The van der Waals surface area contributed by atoms with E-state index in [2.05, 4.69) is 5.32 Å². The molecule has 1 saturated carbocycles. The Morgan fingerprint density at radius 3 is 2.41 bits per heavy atom. The lowest BCUT2D eigenvalue weighted by atomic mass is 10.1. The molecule has 8 heteroatoms. The molecule has 158 valence electrons. The number of hydrogen-bond donors (Lipinski definition) is 1. The van der Waals surface area contributed by atoms with Gasteiger partial charge in [-0.3, -0.25) is 14.9 Å². The van der Waals surface area contributed by atoms with Crippen molar-refractivity contribution >= 4 is 23.3 Å². The lowest BCUT2D eigenvalue weighted by Gasteiger charge is -2.22. The van der Waals surface area contributed by atoms with Crippen molar-refractivity contribution in [2.75, 3.05) is 18.0 Å². The van der Waals surface area contributed by atoms with Crippen LogP contribution < -0.4 is 10.2 Å². The number of esters is 1. The van der Waals surface area contributed by atoms with Crippen molar-refractivity contribution in [1.29, 1.82) is 0 Å². The van der Waals surface area contributed by atoms with Gasteiger partial charge < -0.3 is 15.0 Å². The van der Waals surface area contributed by atoms with Crippen LogP contribution in [0.25, 0.3) is 0 Å². The molecule has 0 radical (unpaired) electrons. The predicted octanol–water partition coefficient (Wildman–Crippen LogP) is 3.58. The number of nitrogens with one attached hydrogen (secondary N) is 1. The van der Waals surface area contributed by atoms with Crippen LogP contribution in [0.15, 0.2) is 18.2 Å². The van der Waals surface area contributed by atoms with Crippen molar-refractivity contribution in [2.24, 2.45) is 0 Å². The van der Waals surface area contributed by atoms with Crippen LogP contribution in [0.3, 0.4) is 0 Å². The third-order valence-electron chi connectivity index (χ3n) is 5.71. The number of carbonyl (C=O) groups is 2. The van der Waals surface area contributed by atoms with E-state index in [0.717, 1.165) is 64.5 Å². The second kappa shape index (κ2) is 9.71. The number of hydrogen-bond acceptors (Lipinski definition) is 6. The zero-order valence-electron chi connectivity index (χ0n) is 16.9. The van der Waals surface area contributed by atoms with Gasteiger partial charge >= 0.3 is 5.97 Å². The normalized spacial score (nSPS) is 18.7. The predicted molar refractivity (Wildman–Crippen MR) is 109 cm³/mol. The molecule has 2 fully saturated rings. The molecule has 1 aromatic carbocycles. The highest BCUT2D eigenvalue weighted by Crippen LogP contribution is 2.31. The van der Waals surface area contributed by atoms with E-state index in [1.165, 1.54) is 19.1 Å². The Morgan fingerprint density at radius 1 is 1.14 bits per heavy atom. The van der Waals surface area contributed by atoms with Gasteiger partial charge in [0.15, 0.2) is 6.10 Å². The molecule has 2 aliphatic rings. The monoisotopic (exact) mass is 403 g/mol. The van der Waals surface area contributed by atoms with Crippen LogP contribution in [0.2, 0.25) is 0 Å². The maximum absolute atomic E-state index is 12.5. The Balaban J connectivity index is 1.68. The van der Waals surface area contributed by atoms with E-state index in [9.17, 15) is 19.7 Å². The highest BCUT2D eigenvalue weighted by Gasteiger charge is 2.26. The molecule has 1 saturated heterocycles. The Labute approximate surface area is 170 Å². The van der Waals surface area contributed by atoms with Gasteiger partial charge in [-0.1, -0.05) is 25.7 Å². The van der Waals surface area contributed by atoms with Crippen LogP contribution in [-0.2, 0) is 9.53 Å². The summed E-state index contributed by atoms with van der Waals surface area (Å²) in [5, 5.41) is 14.5. The van der Waals surface area contributed by atoms with Crippen molar-refractivity contribution in [3.63, 3.8) is 0 Å². The molecule has 1 amide bonds. The quantitative estimate of drug-likeness (QED) is 0.442. The fourth-order valence-corrected chi connectivity index (χ4v) is 4.05. The highest BCUT2D eigenvalue weighted by atomic mass is 16.6. The Morgan fingerprint density at radius 2 is 1.79 bits per heavy atom. The molecule has 8 nitrogen and oxygen atoms in total. The van der Waals surface area contributed by atoms with Gasteiger partial charge in [0.25, 0.3) is 11.6 Å². The van der Waals surface area contributed by atoms with Gasteiger partial charge in [0.1, 0.15) is 5.69 Å². The van der Waals surface area contributed by atoms with E-state index in [4.69, 9.17) is 4.74 Å². The first-order valence-corrected chi connectivity index (χ1v) is 10.5. The summed E-state index contributed by atoms with van der Waals surface area (Å²) in [7, 11) is 0. The SMILES string of the molecule is C[C@H](OC(=O)c1ccc(N2CCCCCC2)c([N+](=O)[O-])c1)C(=O)NC1CCCC1. The molecule has 1 atom stereocenters. The molecule has 0 aromatic heterocycles. The van der Waals surface area contributed by atoms with Gasteiger partial charge in [-0.25, -0.2) is 4.79 Å². The summed E-state index contributed by atoms with van der Waals surface area (Å²) < 4.78 is 5.26. The number of nitro groups is 1. The molecule has 1 aliphatic carbocycles. The van der Waals surface area contributed by atoms with E-state index in [1.807, 2.05) is 4.90 Å². The fourth-order valence-electron chi connectivity index (χ4n) is 4.05. The maximum atomic E-state index is 12.5. The van der Waals surface area contributed by atoms with Crippen LogP contribution in [0, 0.1) is 10.1 Å². The smallest absolute Gasteiger partial charge is 0.339 e. The number of nitrogens with zero attached hydrogens (tertiary/aromatic N) is 2. The number of benzene rings is 1. The first-order valence-electron chi connectivity index (χ1n) is 10.5. The van der Waals surface area contributed by atoms with Crippen molar-refractivity contribution in [3.05, 3.63) is 33.9 Å². The van der Waals surface area contributed by atoms with E-state index >= 15 is 0 Å². The van der Waals surface area contributed by atoms with Gasteiger partial charge in [0.05, 0.1) is 10.5 Å². The summed E-state index contributed by atoms with van der Waals surface area (Å²) >= 11 is 0. The topological polar surface area (TPSA) is 102 Å². The number of rotatable bonds is 6. The number of carbonyl (C=O) groups excluding carboxylic acids is 2. The molecule has 0 bridgehead atoms. The lowest BCUT2D eigenvalue weighted by molar-refractivity contribution is -0.384. The molecule has 1 heterocycles. The van der Waals surface area contributed by atoms with Crippen molar-refractivity contribution in [2.45, 2.75) is 70.4 Å². The molecule has 0 spiro atoms. The molecule has 0 unspecified atom stereocenters. The summed E-state index contributed by atoms with van der Waals surface area (Å²) in [6.45, 7) is 3.05. The molecule has 1 N–H and O–H groups in total. The van der Waals surface area contributed by atoms with Crippen LogP contribution >= 0.6 is 0 Å². The van der Waals surface area contributed by atoms with Crippen LogP contribution in [0.1, 0.15) is 68.6 Å². The van der Waals surface area contributed by atoms with E-state index < -0.39 is 17.0 Å². The van der Waals surface area contributed by atoms with Gasteiger partial charge in [-0.05, 0) is 44.7 Å². The molecule has 1 aliphatic heterocycles. The minimum atomic E-state index is -0.951. The first-order chi connectivity index (χ1) is 14.0. The van der Waals surface area contributed by atoms with Gasteiger partial charge in [0.2, 0.25) is 0 Å². The molecule has 29 heavy (non-hydrogen) atoms. The van der Waals surface area contributed by atoms with Crippen molar-refractivity contribution < 1.29 is 19.2 Å². The third kappa shape index (κ3) is 5.46. The average Bonchev–Trinajstić information content (AvgIpc) is 3.06. The lowest BCUT2D eigenvalue weighted by Crippen LogP contribution is -2.40. The maximum Gasteiger partial charge on any atom is 0.339 e. The summed E-state index contributed by atoms with van der Waals surface area (Å²) in [6.07, 6.45) is 7.34. The minimum absolute atomic E-state index is 0.0794. The van der Waals surface area contributed by atoms with Gasteiger partial charge in [0, 0.05) is 25.2 Å². The summed E-state index contributed by atoms with van der Waals surface area (Å²) in [6, 6.07) is 4.54.